The summed E-state index contributed by atoms with van der Waals surface area (Å²) in [5.41, 5.74) is 4.30. The number of benzene rings is 3. The molecule has 25 heavy (non-hydrogen) atoms. The zero-order valence-electron chi connectivity index (χ0n) is 14.0. The number of hydrogen-bond acceptors (Lipinski definition) is 3. The maximum absolute atomic E-state index is 6.08. The maximum Gasteiger partial charge on any atom is 0.202 e. The summed E-state index contributed by atoms with van der Waals surface area (Å²) in [5, 5.41) is 0. The number of nitrogens with zero attached hydrogens (tertiary/aromatic N) is 1. The minimum absolute atomic E-state index is 0.229. The van der Waals surface area contributed by atoms with Crippen LogP contribution in [-0.2, 0) is 4.74 Å². The molecule has 0 fully saturated rings. The summed E-state index contributed by atoms with van der Waals surface area (Å²) < 4.78 is 11.5. The van der Waals surface area contributed by atoms with E-state index in [2.05, 4.69) is 35.2 Å². The molecule has 0 aromatic heterocycles. The molecule has 0 saturated carbocycles. The van der Waals surface area contributed by atoms with Crippen molar-refractivity contribution in [3.8, 4) is 5.75 Å². The van der Waals surface area contributed by atoms with E-state index < -0.39 is 0 Å². The van der Waals surface area contributed by atoms with Gasteiger partial charge >= 0.3 is 0 Å². The molecule has 4 rings (SSSR count). The van der Waals surface area contributed by atoms with Crippen LogP contribution in [0.25, 0.3) is 5.70 Å². The number of anilines is 1. The molecule has 0 saturated heterocycles. The molecule has 0 spiro atoms. The summed E-state index contributed by atoms with van der Waals surface area (Å²) in [6, 6.07) is 28.6. The molecule has 1 heterocycles. The minimum atomic E-state index is -0.229. The minimum Gasteiger partial charge on any atom is -0.497 e. The highest BCUT2D eigenvalue weighted by molar-refractivity contribution is 5.81. The average Bonchev–Trinajstić information content (AvgIpc) is 3.14. The Labute approximate surface area is 147 Å². The molecule has 3 nitrogen and oxygen atoms in total. The quantitative estimate of drug-likeness (QED) is 0.654. The lowest BCUT2D eigenvalue weighted by Gasteiger charge is -2.28. The number of methoxy groups -OCH3 is 1. The van der Waals surface area contributed by atoms with E-state index in [1.165, 1.54) is 0 Å². The van der Waals surface area contributed by atoms with Crippen LogP contribution in [0.3, 0.4) is 0 Å². The van der Waals surface area contributed by atoms with Gasteiger partial charge in [0, 0.05) is 16.8 Å². The zero-order valence-corrected chi connectivity index (χ0v) is 14.0. The third kappa shape index (κ3) is 2.96. The van der Waals surface area contributed by atoms with Crippen LogP contribution in [0.4, 0.5) is 5.69 Å². The van der Waals surface area contributed by atoms with Crippen molar-refractivity contribution in [3.05, 3.63) is 102 Å². The van der Waals surface area contributed by atoms with Crippen LogP contribution in [0.2, 0.25) is 0 Å². The van der Waals surface area contributed by atoms with Crippen LogP contribution < -0.4 is 9.64 Å². The maximum atomic E-state index is 6.08. The van der Waals surface area contributed by atoms with E-state index in [9.17, 15) is 0 Å². The Morgan fingerprint density at radius 2 is 1.56 bits per heavy atom. The largest absolute Gasteiger partial charge is 0.497 e. The Kier molecular flexibility index (Phi) is 4.13. The highest BCUT2D eigenvalue weighted by Crippen LogP contribution is 2.41. The number of rotatable bonds is 4. The van der Waals surface area contributed by atoms with Gasteiger partial charge in [-0.05, 0) is 24.3 Å². The van der Waals surface area contributed by atoms with Crippen molar-refractivity contribution < 1.29 is 9.47 Å². The molecule has 3 aromatic rings. The SMILES string of the molecule is COc1cccc(C2OC=C(c3ccccc3)N2c2ccccc2)c1. The van der Waals surface area contributed by atoms with Crippen molar-refractivity contribution in [1.29, 1.82) is 0 Å². The second-order valence-corrected chi connectivity index (χ2v) is 5.84. The summed E-state index contributed by atoms with van der Waals surface area (Å²) >= 11 is 0. The Balaban J connectivity index is 1.78. The van der Waals surface area contributed by atoms with E-state index in [-0.39, 0.29) is 6.23 Å². The van der Waals surface area contributed by atoms with Crippen molar-refractivity contribution in [1.82, 2.24) is 0 Å². The first-order chi connectivity index (χ1) is 12.4. The highest BCUT2D eigenvalue weighted by Gasteiger charge is 2.31. The average molecular weight is 329 g/mol. The fraction of sp³-hybridized carbons (Fsp3) is 0.0909. The Morgan fingerprint density at radius 1 is 0.840 bits per heavy atom. The van der Waals surface area contributed by atoms with Crippen LogP contribution in [-0.4, -0.2) is 7.11 Å². The van der Waals surface area contributed by atoms with Gasteiger partial charge < -0.3 is 9.47 Å². The molecule has 0 aliphatic carbocycles. The lowest BCUT2D eigenvalue weighted by Crippen LogP contribution is -2.23. The normalized spacial score (nSPS) is 16.3. The number of para-hydroxylation sites is 1. The molecule has 3 heteroatoms. The third-order valence-corrected chi connectivity index (χ3v) is 4.29. The molecular formula is C22H19NO2. The molecule has 0 N–H and O–H groups in total. The smallest absolute Gasteiger partial charge is 0.202 e. The van der Waals surface area contributed by atoms with Crippen molar-refractivity contribution >= 4 is 11.4 Å². The fourth-order valence-electron chi connectivity index (χ4n) is 3.07. The third-order valence-electron chi connectivity index (χ3n) is 4.29. The Morgan fingerprint density at radius 3 is 2.28 bits per heavy atom. The van der Waals surface area contributed by atoms with Crippen LogP contribution in [0.5, 0.6) is 5.75 Å². The molecular weight excluding hydrogens is 310 g/mol. The van der Waals surface area contributed by atoms with Crippen molar-refractivity contribution in [2.45, 2.75) is 6.23 Å². The molecule has 0 radical (unpaired) electrons. The lowest BCUT2D eigenvalue weighted by molar-refractivity contribution is 0.174. The van der Waals surface area contributed by atoms with E-state index in [0.29, 0.717) is 0 Å². The van der Waals surface area contributed by atoms with E-state index in [1.807, 2.05) is 60.9 Å². The molecule has 124 valence electrons. The summed E-state index contributed by atoms with van der Waals surface area (Å²) in [6.45, 7) is 0. The molecule has 0 bridgehead atoms. The van der Waals surface area contributed by atoms with Gasteiger partial charge in [0.05, 0.1) is 12.8 Å². The van der Waals surface area contributed by atoms with Gasteiger partial charge in [-0.2, -0.15) is 0 Å². The van der Waals surface area contributed by atoms with Crippen LogP contribution in [0.1, 0.15) is 17.4 Å². The van der Waals surface area contributed by atoms with E-state index >= 15 is 0 Å². The molecule has 3 aromatic carbocycles. The topological polar surface area (TPSA) is 21.7 Å². The van der Waals surface area contributed by atoms with E-state index in [0.717, 1.165) is 28.3 Å². The van der Waals surface area contributed by atoms with Crippen LogP contribution in [0.15, 0.2) is 91.2 Å². The predicted octanol–water partition coefficient (Wildman–Crippen LogP) is 5.23. The highest BCUT2D eigenvalue weighted by atomic mass is 16.5. The van der Waals surface area contributed by atoms with Crippen molar-refractivity contribution in [3.63, 3.8) is 0 Å². The molecule has 1 unspecified atom stereocenters. The zero-order chi connectivity index (χ0) is 17.1. The van der Waals surface area contributed by atoms with Gasteiger partial charge in [-0.3, -0.25) is 4.90 Å². The predicted molar refractivity (Wildman–Crippen MR) is 100 cm³/mol. The number of hydrogen-bond donors (Lipinski definition) is 0. The van der Waals surface area contributed by atoms with Gasteiger partial charge in [0.25, 0.3) is 0 Å². The summed E-state index contributed by atoms with van der Waals surface area (Å²) in [6.07, 6.45) is 1.61. The second-order valence-electron chi connectivity index (χ2n) is 5.84. The van der Waals surface area contributed by atoms with Gasteiger partial charge in [-0.25, -0.2) is 0 Å². The summed E-state index contributed by atoms with van der Waals surface area (Å²) in [7, 11) is 1.68. The summed E-state index contributed by atoms with van der Waals surface area (Å²) in [4.78, 5) is 2.21. The molecule has 1 atom stereocenters. The molecule has 0 amide bonds. The van der Waals surface area contributed by atoms with Gasteiger partial charge in [-0.15, -0.1) is 0 Å². The van der Waals surface area contributed by atoms with Crippen molar-refractivity contribution in [2.75, 3.05) is 12.0 Å². The molecule has 1 aliphatic rings. The molecule has 1 aliphatic heterocycles. The van der Waals surface area contributed by atoms with Crippen LogP contribution >= 0.6 is 0 Å². The first-order valence-electron chi connectivity index (χ1n) is 8.26. The van der Waals surface area contributed by atoms with Crippen molar-refractivity contribution in [2.24, 2.45) is 0 Å². The standard InChI is InChI=1S/C22H19NO2/c1-24-20-14-8-11-18(15-20)22-23(19-12-6-3-7-13-19)21(16-25-22)17-9-4-2-5-10-17/h2-16,22H,1H3. The van der Waals surface area contributed by atoms with Crippen LogP contribution in [0, 0.1) is 0 Å². The van der Waals surface area contributed by atoms with Gasteiger partial charge in [0.15, 0.2) is 0 Å². The Bertz CT molecular complexity index is 875. The Hall–Kier alpha value is -3.20. The lowest BCUT2D eigenvalue weighted by atomic mass is 10.1. The van der Waals surface area contributed by atoms with Gasteiger partial charge in [0.2, 0.25) is 6.23 Å². The van der Waals surface area contributed by atoms with Gasteiger partial charge in [0.1, 0.15) is 12.0 Å². The van der Waals surface area contributed by atoms with Gasteiger partial charge in [-0.1, -0.05) is 60.7 Å². The van der Waals surface area contributed by atoms with E-state index in [4.69, 9.17) is 9.47 Å². The summed E-state index contributed by atoms with van der Waals surface area (Å²) in [5.74, 6) is 0.822. The monoisotopic (exact) mass is 329 g/mol. The first-order valence-corrected chi connectivity index (χ1v) is 8.26. The first kappa shape index (κ1) is 15.3. The fourth-order valence-corrected chi connectivity index (χ4v) is 3.07. The number of ether oxygens (including phenoxy) is 2. The second kappa shape index (κ2) is 6.73. The van der Waals surface area contributed by atoms with E-state index in [1.54, 1.807) is 7.11 Å².